The van der Waals surface area contributed by atoms with Crippen LogP contribution in [-0.4, -0.2) is 19.8 Å². The molecule has 0 atom stereocenters. The van der Waals surface area contributed by atoms with Gasteiger partial charge in [-0.05, 0) is 18.6 Å². The average molecular weight is 177 g/mol. The summed E-state index contributed by atoms with van der Waals surface area (Å²) in [5.74, 6) is 1.85. The van der Waals surface area contributed by atoms with E-state index in [0.29, 0.717) is 13.2 Å². The van der Waals surface area contributed by atoms with Gasteiger partial charge in [0.1, 0.15) is 13.2 Å². The topological polar surface area (TPSA) is 30.5 Å². The van der Waals surface area contributed by atoms with Crippen LogP contribution in [0, 0.1) is 0 Å². The summed E-state index contributed by atoms with van der Waals surface area (Å²) in [6.45, 7) is 2.35. The number of hydrogen-bond acceptors (Lipinski definition) is 3. The van der Waals surface area contributed by atoms with Gasteiger partial charge in [0, 0.05) is 17.8 Å². The van der Waals surface area contributed by atoms with Crippen molar-refractivity contribution in [3.63, 3.8) is 0 Å². The van der Waals surface area contributed by atoms with E-state index in [1.165, 1.54) is 11.3 Å². The molecule has 0 radical (unpaired) electrons. The Morgan fingerprint density at radius 2 is 2.08 bits per heavy atom. The van der Waals surface area contributed by atoms with Crippen LogP contribution in [0.25, 0.3) is 0 Å². The first-order valence-electron chi connectivity index (χ1n) is 4.60. The fraction of sp³-hybridized carbons (Fsp3) is 0.400. The van der Waals surface area contributed by atoms with E-state index < -0.39 is 0 Å². The second-order valence-corrected chi connectivity index (χ2v) is 3.29. The zero-order chi connectivity index (χ0) is 8.67. The molecular weight excluding hydrogens is 166 g/mol. The second kappa shape index (κ2) is 2.55. The van der Waals surface area contributed by atoms with Crippen LogP contribution in [0.1, 0.15) is 5.56 Å². The number of nitrogens with one attached hydrogen (secondary N) is 1. The summed E-state index contributed by atoms with van der Waals surface area (Å²) in [6.07, 6.45) is 1.04. The highest BCUT2D eigenvalue weighted by Crippen LogP contribution is 2.40. The first kappa shape index (κ1) is 7.06. The largest absolute Gasteiger partial charge is 0.486 e. The van der Waals surface area contributed by atoms with Crippen LogP contribution in [0.4, 0.5) is 5.69 Å². The Labute approximate surface area is 76.7 Å². The van der Waals surface area contributed by atoms with E-state index in [2.05, 4.69) is 11.4 Å². The Morgan fingerprint density at radius 3 is 3.08 bits per heavy atom. The highest BCUT2D eigenvalue weighted by atomic mass is 16.6. The SMILES string of the molecule is c1cc2c(c3c1NCC3)OCCO2. The molecular formula is C10H11NO2. The number of hydrogen-bond donors (Lipinski definition) is 1. The molecule has 3 nitrogen and oxygen atoms in total. The van der Waals surface area contributed by atoms with Gasteiger partial charge < -0.3 is 14.8 Å². The van der Waals surface area contributed by atoms with E-state index in [9.17, 15) is 0 Å². The van der Waals surface area contributed by atoms with Crippen LogP contribution in [-0.2, 0) is 6.42 Å². The molecule has 2 aliphatic heterocycles. The maximum atomic E-state index is 5.60. The quantitative estimate of drug-likeness (QED) is 0.650. The van der Waals surface area contributed by atoms with E-state index in [4.69, 9.17) is 9.47 Å². The molecule has 0 saturated heterocycles. The molecule has 2 heterocycles. The Bertz CT molecular complexity index is 349. The van der Waals surface area contributed by atoms with Crippen molar-refractivity contribution < 1.29 is 9.47 Å². The molecule has 0 amide bonds. The predicted molar refractivity (Wildman–Crippen MR) is 49.6 cm³/mol. The monoisotopic (exact) mass is 177 g/mol. The maximum absolute atomic E-state index is 5.60. The fourth-order valence-corrected chi connectivity index (χ4v) is 1.91. The average Bonchev–Trinajstić information content (AvgIpc) is 2.65. The summed E-state index contributed by atoms with van der Waals surface area (Å²) in [6, 6.07) is 4.04. The van der Waals surface area contributed by atoms with Crippen LogP contribution in [0.5, 0.6) is 11.5 Å². The van der Waals surface area contributed by atoms with Crippen molar-refractivity contribution in [2.24, 2.45) is 0 Å². The Balaban J connectivity index is 2.17. The third kappa shape index (κ3) is 0.963. The molecule has 0 unspecified atom stereocenters. The van der Waals surface area contributed by atoms with Gasteiger partial charge in [-0.3, -0.25) is 0 Å². The minimum atomic E-state index is 0.666. The lowest BCUT2D eigenvalue weighted by atomic mass is 10.1. The van der Waals surface area contributed by atoms with Gasteiger partial charge >= 0.3 is 0 Å². The van der Waals surface area contributed by atoms with E-state index >= 15 is 0 Å². The summed E-state index contributed by atoms with van der Waals surface area (Å²) in [5, 5.41) is 3.31. The zero-order valence-electron chi connectivity index (χ0n) is 7.30. The van der Waals surface area contributed by atoms with Crippen molar-refractivity contribution in [1.29, 1.82) is 0 Å². The lowest BCUT2D eigenvalue weighted by Gasteiger charge is -2.20. The first-order chi connectivity index (χ1) is 6.45. The molecule has 0 saturated carbocycles. The lowest BCUT2D eigenvalue weighted by Crippen LogP contribution is -2.16. The summed E-state index contributed by atoms with van der Waals surface area (Å²) in [5.41, 5.74) is 2.47. The van der Waals surface area contributed by atoms with Crippen molar-refractivity contribution in [1.82, 2.24) is 0 Å². The second-order valence-electron chi connectivity index (χ2n) is 3.29. The van der Waals surface area contributed by atoms with Gasteiger partial charge in [0.05, 0.1) is 0 Å². The van der Waals surface area contributed by atoms with E-state index in [1.807, 2.05) is 6.07 Å². The molecule has 1 aromatic carbocycles. The minimum Gasteiger partial charge on any atom is -0.486 e. The number of anilines is 1. The Morgan fingerprint density at radius 1 is 1.15 bits per heavy atom. The van der Waals surface area contributed by atoms with Crippen LogP contribution in [0.2, 0.25) is 0 Å². The smallest absolute Gasteiger partial charge is 0.166 e. The Hall–Kier alpha value is -1.38. The fourth-order valence-electron chi connectivity index (χ4n) is 1.91. The minimum absolute atomic E-state index is 0.666. The van der Waals surface area contributed by atoms with Gasteiger partial charge in [-0.15, -0.1) is 0 Å². The molecule has 3 rings (SSSR count). The Kier molecular flexibility index (Phi) is 1.39. The third-order valence-electron chi connectivity index (χ3n) is 2.50. The maximum Gasteiger partial charge on any atom is 0.166 e. The molecule has 1 aromatic rings. The van der Waals surface area contributed by atoms with E-state index in [-0.39, 0.29) is 0 Å². The molecule has 0 aliphatic carbocycles. The molecule has 0 spiro atoms. The van der Waals surface area contributed by atoms with Gasteiger partial charge in [-0.1, -0.05) is 0 Å². The molecule has 0 aromatic heterocycles. The van der Waals surface area contributed by atoms with E-state index in [1.54, 1.807) is 0 Å². The number of fused-ring (bicyclic) bond motifs is 3. The van der Waals surface area contributed by atoms with Crippen LogP contribution in [0.3, 0.4) is 0 Å². The summed E-state index contributed by atoms with van der Waals surface area (Å²) < 4.78 is 11.1. The highest BCUT2D eigenvalue weighted by Gasteiger charge is 2.21. The molecule has 3 heteroatoms. The number of ether oxygens (including phenoxy) is 2. The van der Waals surface area contributed by atoms with Crippen molar-refractivity contribution in [3.8, 4) is 11.5 Å². The zero-order valence-corrected chi connectivity index (χ0v) is 7.30. The normalized spacial score (nSPS) is 17.8. The van der Waals surface area contributed by atoms with Crippen molar-refractivity contribution in [3.05, 3.63) is 17.7 Å². The van der Waals surface area contributed by atoms with Crippen molar-refractivity contribution in [2.45, 2.75) is 6.42 Å². The summed E-state index contributed by atoms with van der Waals surface area (Å²) in [7, 11) is 0. The van der Waals surface area contributed by atoms with E-state index in [0.717, 1.165) is 24.5 Å². The molecule has 68 valence electrons. The molecule has 1 N–H and O–H groups in total. The lowest BCUT2D eigenvalue weighted by molar-refractivity contribution is 0.170. The molecule has 13 heavy (non-hydrogen) atoms. The van der Waals surface area contributed by atoms with Gasteiger partial charge in [0.2, 0.25) is 0 Å². The van der Waals surface area contributed by atoms with Crippen LogP contribution < -0.4 is 14.8 Å². The summed E-state index contributed by atoms with van der Waals surface area (Å²) >= 11 is 0. The summed E-state index contributed by atoms with van der Waals surface area (Å²) in [4.78, 5) is 0. The van der Waals surface area contributed by atoms with Crippen LogP contribution >= 0.6 is 0 Å². The molecule has 2 aliphatic rings. The van der Waals surface area contributed by atoms with Gasteiger partial charge in [0.15, 0.2) is 11.5 Å². The van der Waals surface area contributed by atoms with Gasteiger partial charge in [-0.2, -0.15) is 0 Å². The van der Waals surface area contributed by atoms with Gasteiger partial charge in [0.25, 0.3) is 0 Å². The third-order valence-corrected chi connectivity index (χ3v) is 2.50. The first-order valence-corrected chi connectivity index (χ1v) is 4.60. The van der Waals surface area contributed by atoms with Gasteiger partial charge in [-0.25, -0.2) is 0 Å². The van der Waals surface area contributed by atoms with Crippen molar-refractivity contribution in [2.75, 3.05) is 25.1 Å². The van der Waals surface area contributed by atoms with Crippen molar-refractivity contribution >= 4 is 5.69 Å². The van der Waals surface area contributed by atoms with Crippen LogP contribution in [0.15, 0.2) is 12.1 Å². The number of benzene rings is 1. The number of rotatable bonds is 0. The molecule has 0 bridgehead atoms. The predicted octanol–water partition coefficient (Wildman–Crippen LogP) is 1.43. The highest BCUT2D eigenvalue weighted by molar-refractivity contribution is 5.66. The standard InChI is InChI=1S/C10H11NO2/c1-2-9-10(13-6-5-12-9)7-3-4-11-8(1)7/h1-2,11H,3-6H2. The molecule has 0 fully saturated rings.